The van der Waals surface area contributed by atoms with E-state index in [2.05, 4.69) is 10.6 Å². The fourth-order valence-electron chi connectivity index (χ4n) is 2.59. The van der Waals surface area contributed by atoms with E-state index in [1.807, 2.05) is 44.1 Å². The Labute approximate surface area is 125 Å². The topological polar surface area (TPSA) is 44.4 Å². The van der Waals surface area contributed by atoms with Gasteiger partial charge in [0.05, 0.1) is 21.8 Å². The maximum absolute atomic E-state index is 12.6. The first kappa shape index (κ1) is 15.1. The number of nitrogens with zero attached hydrogens (tertiary/aromatic N) is 1. The van der Waals surface area contributed by atoms with E-state index in [9.17, 15) is 4.79 Å². The molecule has 0 aromatic heterocycles. The second kappa shape index (κ2) is 6.02. The molecule has 1 unspecified atom stereocenters. The second-order valence-corrected chi connectivity index (χ2v) is 6.23. The zero-order valence-corrected chi connectivity index (χ0v) is 13.0. The Morgan fingerprint density at radius 3 is 2.80 bits per heavy atom. The monoisotopic (exact) mass is 295 g/mol. The van der Waals surface area contributed by atoms with Crippen LogP contribution in [0.4, 0.5) is 11.4 Å². The van der Waals surface area contributed by atoms with Crippen molar-refractivity contribution < 1.29 is 4.79 Å². The summed E-state index contributed by atoms with van der Waals surface area (Å²) < 4.78 is 0. The Kier molecular flexibility index (Phi) is 4.55. The summed E-state index contributed by atoms with van der Waals surface area (Å²) in [6.07, 6.45) is 1.93. The maximum Gasteiger partial charge on any atom is 0.231 e. The highest BCUT2D eigenvalue weighted by atomic mass is 35.5. The van der Waals surface area contributed by atoms with Crippen molar-refractivity contribution in [3.63, 3.8) is 0 Å². The molecule has 1 aromatic rings. The molecule has 110 valence electrons. The molecule has 4 nitrogen and oxygen atoms in total. The molecule has 0 saturated carbocycles. The molecule has 0 bridgehead atoms. The molecule has 1 fully saturated rings. The third-order valence-electron chi connectivity index (χ3n) is 3.83. The minimum Gasteiger partial charge on any atom is -0.375 e. The number of anilines is 2. The number of hydrogen-bond acceptors (Lipinski definition) is 3. The van der Waals surface area contributed by atoms with E-state index in [0.29, 0.717) is 5.02 Å². The van der Waals surface area contributed by atoms with Crippen LogP contribution in [-0.4, -0.2) is 33.1 Å². The number of nitrogens with one attached hydrogen (secondary N) is 2. The molecule has 1 aromatic carbocycles. The molecular weight excluding hydrogens is 274 g/mol. The Morgan fingerprint density at radius 2 is 2.20 bits per heavy atom. The van der Waals surface area contributed by atoms with Crippen molar-refractivity contribution in [3.05, 3.63) is 23.2 Å². The maximum atomic E-state index is 12.6. The molecule has 0 spiro atoms. The van der Waals surface area contributed by atoms with Gasteiger partial charge in [0.2, 0.25) is 5.91 Å². The van der Waals surface area contributed by atoms with Crippen LogP contribution in [-0.2, 0) is 4.79 Å². The lowest BCUT2D eigenvalue weighted by Crippen LogP contribution is -2.46. The van der Waals surface area contributed by atoms with Crippen LogP contribution in [0.15, 0.2) is 18.2 Å². The molecule has 1 aliphatic rings. The summed E-state index contributed by atoms with van der Waals surface area (Å²) in [7, 11) is 3.83. The molecule has 0 radical (unpaired) electrons. The Bertz CT molecular complexity index is 496. The van der Waals surface area contributed by atoms with Crippen LogP contribution < -0.4 is 15.5 Å². The molecule has 1 atom stereocenters. The van der Waals surface area contributed by atoms with Gasteiger partial charge in [-0.05, 0) is 38.4 Å². The van der Waals surface area contributed by atoms with E-state index in [1.165, 1.54) is 0 Å². The van der Waals surface area contributed by atoms with Gasteiger partial charge in [0.1, 0.15) is 0 Å². The lowest BCUT2D eigenvalue weighted by atomic mass is 9.82. The third kappa shape index (κ3) is 3.07. The molecule has 1 heterocycles. The number of halogens is 1. The number of piperidine rings is 1. The average Bonchev–Trinajstić information content (AvgIpc) is 2.39. The third-order valence-corrected chi connectivity index (χ3v) is 4.13. The SMILES string of the molecule is CN(C)c1c(Cl)cccc1NC(=O)C1(C)CCCNC1. The van der Waals surface area contributed by atoms with Crippen LogP contribution in [0.25, 0.3) is 0 Å². The zero-order valence-electron chi connectivity index (χ0n) is 12.3. The molecule has 2 N–H and O–H groups in total. The molecule has 2 rings (SSSR count). The van der Waals surface area contributed by atoms with Crippen molar-refractivity contribution in [2.24, 2.45) is 5.41 Å². The normalized spacial score (nSPS) is 22.4. The van der Waals surface area contributed by atoms with Crippen molar-refractivity contribution >= 4 is 28.9 Å². The van der Waals surface area contributed by atoms with Gasteiger partial charge in [-0.2, -0.15) is 0 Å². The molecular formula is C15H22ClN3O. The molecule has 20 heavy (non-hydrogen) atoms. The van der Waals surface area contributed by atoms with Crippen LogP contribution in [0.2, 0.25) is 5.02 Å². The summed E-state index contributed by atoms with van der Waals surface area (Å²) in [5, 5.41) is 6.97. The summed E-state index contributed by atoms with van der Waals surface area (Å²) in [5.74, 6) is 0.0510. The first-order valence-corrected chi connectivity index (χ1v) is 7.30. The first-order valence-electron chi connectivity index (χ1n) is 6.92. The molecule has 1 saturated heterocycles. The van der Waals surface area contributed by atoms with Crippen molar-refractivity contribution in [3.8, 4) is 0 Å². The molecule has 1 amide bonds. The second-order valence-electron chi connectivity index (χ2n) is 5.83. The summed E-state index contributed by atoms with van der Waals surface area (Å²) in [4.78, 5) is 14.5. The largest absolute Gasteiger partial charge is 0.375 e. The minimum atomic E-state index is -0.357. The van der Waals surface area contributed by atoms with Gasteiger partial charge in [0, 0.05) is 20.6 Å². The number of rotatable bonds is 3. The minimum absolute atomic E-state index is 0.0510. The smallest absolute Gasteiger partial charge is 0.231 e. The summed E-state index contributed by atoms with van der Waals surface area (Å²) in [5.41, 5.74) is 1.25. The van der Waals surface area contributed by atoms with E-state index in [1.54, 1.807) is 0 Å². The number of amides is 1. The van der Waals surface area contributed by atoms with Gasteiger partial charge in [-0.1, -0.05) is 17.7 Å². The van der Waals surface area contributed by atoms with E-state index >= 15 is 0 Å². The number of carbonyl (C=O) groups is 1. The lowest BCUT2D eigenvalue weighted by molar-refractivity contribution is -0.125. The van der Waals surface area contributed by atoms with Gasteiger partial charge >= 0.3 is 0 Å². The van der Waals surface area contributed by atoms with E-state index < -0.39 is 0 Å². The quantitative estimate of drug-likeness (QED) is 0.901. The lowest BCUT2D eigenvalue weighted by Gasteiger charge is -2.33. The number of hydrogen-bond donors (Lipinski definition) is 2. The van der Waals surface area contributed by atoms with Crippen molar-refractivity contribution in [1.29, 1.82) is 0 Å². The Hall–Kier alpha value is -1.26. The summed E-state index contributed by atoms with van der Waals surface area (Å²) in [6, 6.07) is 5.57. The van der Waals surface area contributed by atoms with Crippen molar-refractivity contribution in [2.75, 3.05) is 37.4 Å². The molecule has 5 heteroatoms. The highest BCUT2D eigenvalue weighted by Gasteiger charge is 2.35. The van der Waals surface area contributed by atoms with E-state index in [4.69, 9.17) is 11.6 Å². The van der Waals surface area contributed by atoms with Gasteiger partial charge in [0.25, 0.3) is 0 Å². The number of carbonyl (C=O) groups excluding carboxylic acids is 1. The summed E-state index contributed by atoms with van der Waals surface area (Å²) in [6.45, 7) is 3.72. The van der Waals surface area contributed by atoms with Gasteiger partial charge in [-0.25, -0.2) is 0 Å². The van der Waals surface area contributed by atoms with Crippen LogP contribution in [0.3, 0.4) is 0 Å². The predicted molar refractivity (Wildman–Crippen MR) is 84.6 cm³/mol. The molecule has 0 aliphatic carbocycles. The highest BCUT2D eigenvalue weighted by molar-refractivity contribution is 6.34. The average molecular weight is 296 g/mol. The van der Waals surface area contributed by atoms with E-state index in [-0.39, 0.29) is 11.3 Å². The van der Waals surface area contributed by atoms with Crippen LogP contribution in [0.5, 0.6) is 0 Å². The van der Waals surface area contributed by atoms with Gasteiger partial charge in [-0.15, -0.1) is 0 Å². The Balaban J connectivity index is 2.21. The van der Waals surface area contributed by atoms with Crippen LogP contribution >= 0.6 is 11.6 Å². The van der Waals surface area contributed by atoms with Crippen molar-refractivity contribution in [1.82, 2.24) is 5.32 Å². The number of para-hydroxylation sites is 1. The van der Waals surface area contributed by atoms with E-state index in [0.717, 1.165) is 37.3 Å². The fourth-order valence-corrected chi connectivity index (χ4v) is 2.94. The van der Waals surface area contributed by atoms with Crippen LogP contribution in [0.1, 0.15) is 19.8 Å². The standard InChI is InChI=1S/C15H22ClN3O/c1-15(8-5-9-17-10-15)14(20)18-12-7-4-6-11(16)13(12)19(2)3/h4,6-7,17H,5,8-10H2,1-3H3,(H,18,20). The number of benzene rings is 1. The first-order chi connectivity index (χ1) is 9.44. The Morgan fingerprint density at radius 1 is 1.45 bits per heavy atom. The van der Waals surface area contributed by atoms with Crippen molar-refractivity contribution in [2.45, 2.75) is 19.8 Å². The van der Waals surface area contributed by atoms with Gasteiger partial charge in [-0.3, -0.25) is 4.79 Å². The highest BCUT2D eigenvalue weighted by Crippen LogP contribution is 2.34. The predicted octanol–water partition coefficient (Wildman–Crippen LogP) is 2.73. The zero-order chi connectivity index (χ0) is 14.8. The fraction of sp³-hybridized carbons (Fsp3) is 0.533. The van der Waals surface area contributed by atoms with Crippen LogP contribution in [0, 0.1) is 5.41 Å². The van der Waals surface area contributed by atoms with Gasteiger partial charge in [0.15, 0.2) is 0 Å². The van der Waals surface area contributed by atoms with Gasteiger partial charge < -0.3 is 15.5 Å². The summed E-state index contributed by atoms with van der Waals surface area (Å²) >= 11 is 6.22. The molecule has 1 aliphatic heterocycles.